The number of likely N-dealkylation sites (N-methyl/N-ethyl adjacent to an activating group) is 1. The number of carbonyl (C=O) groups is 2. The Labute approximate surface area is 184 Å². The van der Waals surface area contributed by atoms with Crippen LogP contribution in [0.1, 0.15) is 31.7 Å². The van der Waals surface area contributed by atoms with Crippen molar-refractivity contribution < 1.29 is 35.9 Å². The highest BCUT2D eigenvalue weighted by atomic mass is 32.2. The molecule has 1 aromatic heterocycles. The summed E-state index contributed by atoms with van der Waals surface area (Å²) in [6, 6.07) is 1.86. The summed E-state index contributed by atoms with van der Waals surface area (Å²) in [4.78, 5) is 32.1. The highest BCUT2D eigenvalue weighted by molar-refractivity contribution is 7.91. The number of sulfone groups is 1. The number of nitrogens with zero attached hydrogens (tertiary/aromatic N) is 3. The van der Waals surface area contributed by atoms with Crippen LogP contribution in [-0.4, -0.2) is 74.0 Å². The maximum absolute atomic E-state index is 12.7. The van der Waals surface area contributed by atoms with E-state index in [1.54, 1.807) is 4.90 Å². The van der Waals surface area contributed by atoms with Crippen molar-refractivity contribution >= 4 is 27.5 Å². The van der Waals surface area contributed by atoms with Gasteiger partial charge in [-0.1, -0.05) is 0 Å². The van der Waals surface area contributed by atoms with Gasteiger partial charge in [-0.05, 0) is 38.3 Å². The molecule has 0 saturated carbocycles. The number of pyridine rings is 1. The minimum atomic E-state index is -4.45. The molecule has 2 atom stereocenters. The largest absolute Gasteiger partial charge is 0.452 e. The second-order valence-electron chi connectivity index (χ2n) is 8.25. The molecular formula is C20H26F3N3O5S. The lowest BCUT2D eigenvalue weighted by Gasteiger charge is -2.32. The number of piperidine rings is 1. The zero-order valence-corrected chi connectivity index (χ0v) is 18.7. The van der Waals surface area contributed by atoms with Crippen molar-refractivity contribution in [2.75, 3.05) is 36.5 Å². The first-order valence-electron chi connectivity index (χ1n) is 10.3. The molecule has 0 N–H and O–H groups in total. The van der Waals surface area contributed by atoms with Crippen LogP contribution in [0.15, 0.2) is 18.3 Å². The van der Waals surface area contributed by atoms with Gasteiger partial charge in [0.1, 0.15) is 5.82 Å². The summed E-state index contributed by atoms with van der Waals surface area (Å²) in [6.45, 7) is 2.29. The van der Waals surface area contributed by atoms with Crippen molar-refractivity contribution in [1.29, 1.82) is 0 Å². The number of rotatable bonds is 5. The number of carbonyl (C=O) groups excluding carboxylic acids is 2. The van der Waals surface area contributed by atoms with Crippen molar-refractivity contribution in [3.63, 3.8) is 0 Å². The molecule has 0 spiro atoms. The van der Waals surface area contributed by atoms with Crippen LogP contribution in [0.5, 0.6) is 0 Å². The molecule has 1 amide bonds. The summed E-state index contributed by atoms with van der Waals surface area (Å²) in [5.41, 5.74) is -0.821. The predicted molar refractivity (Wildman–Crippen MR) is 110 cm³/mol. The molecule has 32 heavy (non-hydrogen) atoms. The van der Waals surface area contributed by atoms with Gasteiger partial charge >= 0.3 is 12.1 Å². The van der Waals surface area contributed by atoms with Crippen LogP contribution < -0.4 is 4.90 Å². The summed E-state index contributed by atoms with van der Waals surface area (Å²) in [7, 11) is -1.64. The lowest BCUT2D eigenvalue weighted by Crippen LogP contribution is -2.45. The van der Waals surface area contributed by atoms with Crippen LogP contribution >= 0.6 is 0 Å². The van der Waals surface area contributed by atoms with Crippen molar-refractivity contribution in [2.45, 2.75) is 44.5 Å². The Balaban J connectivity index is 1.49. The number of hydrogen-bond acceptors (Lipinski definition) is 7. The average Bonchev–Trinajstić information content (AvgIpc) is 3.11. The van der Waals surface area contributed by atoms with Gasteiger partial charge in [-0.2, -0.15) is 13.2 Å². The van der Waals surface area contributed by atoms with Crippen molar-refractivity contribution in [3.8, 4) is 0 Å². The average molecular weight is 478 g/mol. The molecule has 2 aliphatic rings. The van der Waals surface area contributed by atoms with E-state index in [0.717, 1.165) is 12.3 Å². The molecule has 12 heteroatoms. The standard InChI is InChI=1S/C20H26F3N3O5S/c1-13(18(27)25(2)16-7-10-32(29,30)12-16)31-19(28)14-5-8-26(9-6-14)17-4-3-15(11-24-17)20(21,22)23/h3-4,11,13-14,16H,5-10,12H2,1-2H3/t13-,16+/m0/s1. The molecule has 1 aromatic rings. The van der Waals surface area contributed by atoms with E-state index in [4.69, 9.17) is 4.74 Å². The van der Waals surface area contributed by atoms with Gasteiger partial charge in [0.2, 0.25) is 0 Å². The fraction of sp³-hybridized carbons (Fsp3) is 0.650. The second-order valence-corrected chi connectivity index (χ2v) is 10.5. The smallest absolute Gasteiger partial charge is 0.417 e. The highest BCUT2D eigenvalue weighted by Gasteiger charge is 2.36. The Kier molecular flexibility index (Phi) is 7.01. The monoisotopic (exact) mass is 477 g/mol. The quantitative estimate of drug-likeness (QED) is 0.598. The van der Waals surface area contributed by atoms with Gasteiger partial charge in [-0.25, -0.2) is 13.4 Å². The van der Waals surface area contributed by atoms with E-state index in [9.17, 15) is 31.2 Å². The van der Waals surface area contributed by atoms with Crippen LogP contribution in [0.4, 0.5) is 19.0 Å². The third-order valence-electron chi connectivity index (χ3n) is 5.97. The molecule has 0 aliphatic carbocycles. The molecule has 3 heterocycles. The number of anilines is 1. The van der Waals surface area contributed by atoms with E-state index in [-0.39, 0.29) is 11.5 Å². The van der Waals surface area contributed by atoms with Crippen LogP contribution in [0.2, 0.25) is 0 Å². The third-order valence-corrected chi connectivity index (χ3v) is 7.72. The van der Waals surface area contributed by atoms with E-state index in [2.05, 4.69) is 4.98 Å². The van der Waals surface area contributed by atoms with Gasteiger partial charge in [0.25, 0.3) is 5.91 Å². The van der Waals surface area contributed by atoms with Crippen molar-refractivity contribution in [1.82, 2.24) is 9.88 Å². The Hall–Kier alpha value is -2.37. The molecule has 2 fully saturated rings. The predicted octanol–water partition coefficient (Wildman–Crippen LogP) is 1.89. The van der Waals surface area contributed by atoms with Gasteiger partial charge in [-0.15, -0.1) is 0 Å². The van der Waals surface area contributed by atoms with Crippen molar-refractivity contribution in [2.24, 2.45) is 5.92 Å². The lowest BCUT2D eigenvalue weighted by atomic mass is 9.97. The number of amides is 1. The van der Waals surface area contributed by atoms with Gasteiger partial charge in [0, 0.05) is 32.4 Å². The number of halogens is 3. The fourth-order valence-corrected chi connectivity index (χ4v) is 5.73. The van der Waals surface area contributed by atoms with E-state index in [1.165, 1.54) is 24.9 Å². The topological polar surface area (TPSA) is 96.9 Å². The molecule has 8 nitrogen and oxygen atoms in total. The Bertz CT molecular complexity index is 944. The molecule has 0 unspecified atom stereocenters. The Morgan fingerprint density at radius 1 is 1.22 bits per heavy atom. The molecule has 178 valence electrons. The first-order valence-corrected chi connectivity index (χ1v) is 12.2. The van der Waals surface area contributed by atoms with Crippen LogP contribution in [0.25, 0.3) is 0 Å². The Morgan fingerprint density at radius 2 is 1.88 bits per heavy atom. The highest BCUT2D eigenvalue weighted by Crippen LogP contribution is 2.30. The summed E-state index contributed by atoms with van der Waals surface area (Å²) in [5, 5.41) is 0. The number of esters is 1. The van der Waals surface area contributed by atoms with Crippen LogP contribution in [0.3, 0.4) is 0 Å². The maximum atomic E-state index is 12.7. The minimum Gasteiger partial charge on any atom is -0.452 e. The van der Waals surface area contributed by atoms with Gasteiger partial charge in [-0.3, -0.25) is 9.59 Å². The number of alkyl halides is 3. The first-order chi connectivity index (χ1) is 14.9. The number of aromatic nitrogens is 1. The van der Waals surface area contributed by atoms with Crippen LogP contribution in [-0.2, 0) is 30.3 Å². The van der Waals surface area contributed by atoms with Crippen LogP contribution in [0, 0.1) is 5.92 Å². The minimum absolute atomic E-state index is 0.0375. The molecule has 3 rings (SSSR count). The molecule has 2 saturated heterocycles. The molecular weight excluding hydrogens is 451 g/mol. The summed E-state index contributed by atoms with van der Waals surface area (Å²) >= 11 is 0. The zero-order valence-electron chi connectivity index (χ0n) is 17.8. The SMILES string of the molecule is C[C@H](OC(=O)C1CCN(c2ccc(C(F)(F)F)cn2)CC1)C(=O)N(C)[C@@H]1CCS(=O)(=O)C1. The first kappa shape index (κ1) is 24.3. The summed E-state index contributed by atoms with van der Waals surface area (Å²) in [6.07, 6.45) is -3.50. The second kappa shape index (κ2) is 9.24. The van der Waals surface area contributed by atoms with Gasteiger partial charge in [0.15, 0.2) is 15.9 Å². The number of ether oxygens (including phenoxy) is 1. The van der Waals surface area contributed by atoms with Gasteiger partial charge in [0.05, 0.1) is 23.0 Å². The third kappa shape index (κ3) is 5.70. The van der Waals surface area contributed by atoms with E-state index >= 15 is 0 Å². The maximum Gasteiger partial charge on any atom is 0.417 e. The van der Waals surface area contributed by atoms with Gasteiger partial charge < -0.3 is 14.5 Å². The molecule has 0 bridgehead atoms. The Morgan fingerprint density at radius 3 is 2.38 bits per heavy atom. The van der Waals surface area contributed by atoms with E-state index < -0.39 is 51.5 Å². The van der Waals surface area contributed by atoms with E-state index in [0.29, 0.717) is 38.2 Å². The zero-order chi connectivity index (χ0) is 23.7. The van der Waals surface area contributed by atoms with E-state index in [1.807, 2.05) is 0 Å². The molecule has 0 radical (unpaired) electrons. The lowest BCUT2D eigenvalue weighted by molar-refractivity contribution is -0.163. The molecule has 2 aliphatic heterocycles. The normalized spacial score (nSPS) is 22.4. The molecule has 0 aromatic carbocycles. The fourth-order valence-electron chi connectivity index (χ4n) is 3.95. The summed E-state index contributed by atoms with van der Waals surface area (Å²) < 4.78 is 66.6. The van der Waals surface area contributed by atoms with Crippen molar-refractivity contribution in [3.05, 3.63) is 23.9 Å². The summed E-state index contributed by atoms with van der Waals surface area (Å²) in [5.74, 6) is -1.05. The number of hydrogen-bond donors (Lipinski definition) is 0.